The maximum absolute atomic E-state index is 11.8. The molecule has 1 aliphatic rings. The van der Waals surface area contributed by atoms with Crippen LogP contribution in [0.2, 0.25) is 10.0 Å². The fraction of sp³-hybridized carbons (Fsp3) is 0.208. The quantitative estimate of drug-likeness (QED) is 0.130. The number of hydrogen-bond donors (Lipinski definition) is 2. The van der Waals surface area contributed by atoms with E-state index in [1.807, 2.05) is 87.3 Å². The number of nitrogens with two attached hydrogens (primary N) is 2. The van der Waals surface area contributed by atoms with Gasteiger partial charge < -0.3 is 39.0 Å². The normalized spacial score (nSPS) is 13.7. The third kappa shape index (κ3) is 8.99. The molecule has 1 saturated heterocycles. The van der Waals surface area contributed by atoms with Crippen LogP contribution in [0.25, 0.3) is 54.0 Å². The number of hydrogen-bond acceptors (Lipinski definition) is 8. The van der Waals surface area contributed by atoms with Crippen molar-refractivity contribution in [2.45, 2.75) is 52.7 Å². The number of pyridine rings is 4. The van der Waals surface area contributed by atoms with E-state index < -0.39 is 18.3 Å². The van der Waals surface area contributed by atoms with E-state index >= 15 is 0 Å². The van der Waals surface area contributed by atoms with Crippen molar-refractivity contribution in [1.82, 2.24) is 28.2 Å². The first-order chi connectivity index (χ1) is 31.2. The predicted molar refractivity (Wildman–Crippen MR) is 269 cm³/mol. The van der Waals surface area contributed by atoms with E-state index in [2.05, 4.69) is 35.6 Å². The molecule has 0 amide bonds. The molecule has 0 bridgehead atoms. The molecular formula is C48H44BBrCl2N10O4. The summed E-state index contributed by atoms with van der Waals surface area (Å²) in [5.41, 5.74) is 20.0. The van der Waals surface area contributed by atoms with Gasteiger partial charge in [0.25, 0.3) is 0 Å². The van der Waals surface area contributed by atoms with Crippen LogP contribution in [0.3, 0.4) is 0 Å². The summed E-state index contributed by atoms with van der Waals surface area (Å²) in [5.74, 6) is 0. The molecule has 0 aliphatic carbocycles. The third-order valence-electron chi connectivity index (χ3n) is 11.8. The third-order valence-corrected chi connectivity index (χ3v) is 13.5. The van der Waals surface area contributed by atoms with Gasteiger partial charge in [0.15, 0.2) is 11.4 Å². The number of nitrogen functional groups attached to an aromatic ring is 2. The highest BCUT2D eigenvalue weighted by Gasteiger charge is 2.52. The molecule has 8 aromatic rings. The molecule has 334 valence electrons. The van der Waals surface area contributed by atoms with Crippen molar-refractivity contribution in [3.8, 4) is 22.5 Å². The van der Waals surface area contributed by atoms with E-state index in [-0.39, 0.29) is 11.1 Å². The molecule has 66 heavy (non-hydrogen) atoms. The van der Waals surface area contributed by atoms with Gasteiger partial charge in [-0.3, -0.25) is 19.6 Å². The Morgan fingerprint density at radius 1 is 0.667 bits per heavy atom. The number of benzene rings is 2. The standard InChI is InChI=1S/C22H24BN3O3.C21H16ClN5O.C5H4BrClN2/c1-14-10-19-16(11-18(14)24-6)17(23-28-21(2,3)22(4,5)29-23)13-26(19)15-8-9-20(27)25(7)12-15;1-12-6-19-14(7-18(12)24-2)16(15-8-25-9-17(23)21(15)22)11-27(19)13-4-5-20(28)26(3)10-13;6-3-1-9-2-4(8)5(3)7/h8-13H,1-5,7H3;4-11H,23H2,1,3H3;1-2H,8H2. The summed E-state index contributed by atoms with van der Waals surface area (Å²) in [5, 5.41) is 2.71. The number of halogens is 3. The SMILES string of the molecule is Nc1cncc(Br)c1Cl.[C-]#[N+]c1cc2c(-c3cncc(N)c3Cl)cn(-c3ccc(=O)n(C)c3)c2cc1C.[C-]#[N+]c1cc2c(B3OC(C)(C)C(C)(C)O3)cn(-c3ccc(=O)n(C)c3)c2cc1C. The zero-order valence-corrected chi connectivity index (χ0v) is 40.4. The molecule has 0 unspecified atom stereocenters. The van der Waals surface area contributed by atoms with Gasteiger partial charge in [-0.1, -0.05) is 23.2 Å². The van der Waals surface area contributed by atoms with Gasteiger partial charge in [-0.15, -0.1) is 0 Å². The molecule has 0 spiro atoms. The van der Waals surface area contributed by atoms with Crippen molar-refractivity contribution in [2.75, 3.05) is 11.5 Å². The van der Waals surface area contributed by atoms with Gasteiger partial charge in [0.05, 0.1) is 85.0 Å². The van der Waals surface area contributed by atoms with Gasteiger partial charge in [-0.05, 0) is 116 Å². The average molecular weight is 987 g/mol. The predicted octanol–water partition coefficient (Wildman–Crippen LogP) is 10.1. The van der Waals surface area contributed by atoms with Crippen molar-refractivity contribution < 1.29 is 9.31 Å². The summed E-state index contributed by atoms with van der Waals surface area (Å²) in [6.07, 6.45) is 13.8. The van der Waals surface area contributed by atoms with Crippen molar-refractivity contribution >= 4 is 96.3 Å². The van der Waals surface area contributed by atoms with Crippen LogP contribution in [-0.4, -0.2) is 46.6 Å². The maximum atomic E-state index is 11.8. The highest BCUT2D eigenvalue weighted by Crippen LogP contribution is 2.41. The Hall–Kier alpha value is -6.66. The number of nitrogens with zero attached hydrogens (tertiary/aromatic N) is 8. The fourth-order valence-electron chi connectivity index (χ4n) is 7.32. The lowest BCUT2D eigenvalue weighted by atomic mass is 9.79. The highest BCUT2D eigenvalue weighted by atomic mass is 79.9. The summed E-state index contributed by atoms with van der Waals surface area (Å²) < 4.78 is 20.4. The minimum absolute atomic E-state index is 0.0668. The Morgan fingerprint density at radius 2 is 1.14 bits per heavy atom. The molecule has 1 fully saturated rings. The number of fused-ring (bicyclic) bond motifs is 2. The molecule has 9 rings (SSSR count). The molecule has 7 heterocycles. The molecule has 6 aromatic heterocycles. The van der Waals surface area contributed by atoms with E-state index in [1.54, 1.807) is 61.6 Å². The maximum Gasteiger partial charge on any atom is 0.497 e. The molecule has 4 N–H and O–H groups in total. The van der Waals surface area contributed by atoms with E-state index in [1.165, 1.54) is 23.0 Å². The monoisotopic (exact) mass is 984 g/mol. The number of aryl methyl sites for hydroxylation is 4. The van der Waals surface area contributed by atoms with Crippen LogP contribution in [0.15, 0.2) is 112 Å². The Bertz CT molecular complexity index is 3400. The number of rotatable bonds is 4. The fourth-order valence-corrected chi connectivity index (χ4v) is 7.97. The molecule has 0 saturated carbocycles. The van der Waals surface area contributed by atoms with Crippen molar-refractivity contribution in [3.63, 3.8) is 0 Å². The molecule has 2 aromatic carbocycles. The van der Waals surface area contributed by atoms with Crippen LogP contribution in [0, 0.1) is 27.0 Å². The van der Waals surface area contributed by atoms with Gasteiger partial charge >= 0.3 is 7.12 Å². The van der Waals surface area contributed by atoms with Crippen LogP contribution < -0.4 is 28.0 Å². The van der Waals surface area contributed by atoms with Crippen LogP contribution in [0.1, 0.15) is 38.8 Å². The first-order valence-corrected chi connectivity index (χ1v) is 21.9. The Morgan fingerprint density at radius 3 is 1.62 bits per heavy atom. The van der Waals surface area contributed by atoms with Crippen molar-refractivity contribution in [3.05, 3.63) is 167 Å². The second-order valence-electron chi connectivity index (χ2n) is 16.8. The molecule has 18 heteroatoms. The Labute approximate surface area is 399 Å². The van der Waals surface area contributed by atoms with Crippen LogP contribution >= 0.6 is 39.1 Å². The van der Waals surface area contributed by atoms with Crippen LogP contribution in [0.5, 0.6) is 0 Å². The van der Waals surface area contributed by atoms with Crippen molar-refractivity contribution in [1.29, 1.82) is 0 Å². The first-order valence-electron chi connectivity index (χ1n) is 20.4. The molecule has 1 aliphatic heterocycles. The summed E-state index contributed by atoms with van der Waals surface area (Å²) in [6, 6.07) is 14.4. The Kier molecular flexibility index (Phi) is 13.1. The second kappa shape index (κ2) is 18.3. The summed E-state index contributed by atoms with van der Waals surface area (Å²) in [7, 11) is 2.90. The van der Waals surface area contributed by atoms with Gasteiger partial charge in [0, 0.05) is 80.0 Å². The topological polar surface area (TPSA) is 159 Å². The van der Waals surface area contributed by atoms with Crippen LogP contribution in [0.4, 0.5) is 22.7 Å². The van der Waals surface area contributed by atoms with Gasteiger partial charge in [0.2, 0.25) is 11.1 Å². The summed E-state index contributed by atoms with van der Waals surface area (Å²) >= 11 is 15.3. The molecule has 0 radical (unpaired) electrons. The van der Waals surface area contributed by atoms with Crippen molar-refractivity contribution in [2.24, 2.45) is 14.1 Å². The highest BCUT2D eigenvalue weighted by molar-refractivity contribution is 9.10. The minimum atomic E-state index is -0.544. The van der Waals surface area contributed by atoms with E-state index in [0.29, 0.717) is 38.4 Å². The second-order valence-corrected chi connectivity index (χ2v) is 18.4. The lowest BCUT2D eigenvalue weighted by Gasteiger charge is -2.32. The Balaban J connectivity index is 0.000000165. The zero-order valence-electron chi connectivity index (χ0n) is 37.3. The molecular weight excluding hydrogens is 942 g/mol. The zero-order chi connectivity index (χ0) is 48.0. The van der Waals surface area contributed by atoms with Crippen LogP contribution in [-0.2, 0) is 23.4 Å². The summed E-state index contributed by atoms with van der Waals surface area (Å²) in [4.78, 5) is 38.9. The van der Waals surface area contributed by atoms with Gasteiger partial charge in [0.1, 0.15) is 0 Å². The number of anilines is 2. The largest absolute Gasteiger partial charge is 0.497 e. The minimum Gasteiger partial charge on any atom is -0.399 e. The smallest absolute Gasteiger partial charge is 0.399 e. The van der Waals surface area contributed by atoms with E-state index in [4.69, 9.17) is 57.1 Å². The first kappa shape index (κ1) is 47.3. The van der Waals surface area contributed by atoms with E-state index in [9.17, 15) is 9.59 Å². The summed E-state index contributed by atoms with van der Waals surface area (Å²) in [6.45, 7) is 26.9. The molecule has 0 atom stereocenters. The van der Waals surface area contributed by atoms with E-state index in [0.717, 1.165) is 59.8 Å². The van der Waals surface area contributed by atoms with Gasteiger partial charge in [-0.25, -0.2) is 9.69 Å². The average Bonchev–Trinajstić information content (AvgIpc) is 3.89. The van der Waals surface area contributed by atoms with Gasteiger partial charge in [-0.2, -0.15) is 0 Å². The lowest BCUT2D eigenvalue weighted by Crippen LogP contribution is -2.41. The lowest BCUT2D eigenvalue weighted by molar-refractivity contribution is 0.00578. The number of aromatic nitrogens is 6. The molecule has 14 nitrogen and oxygen atoms in total.